The second-order valence-corrected chi connectivity index (χ2v) is 7.52. The van der Waals surface area contributed by atoms with E-state index < -0.39 is 6.29 Å². The summed E-state index contributed by atoms with van der Waals surface area (Å²) >= 11 is 0. The highest BCUT2D eigenvalue weighted by molar-refractivity contribution is 6.06. The SMILES string of the molecule is Cc1cccc(N2C(N3CCOCC3)=NC(N)=NC2Nc2ccc(C)c(C)c2)c1.Cl. The number of guanidine groups is 2. The first-order chi connectivity index (χ1) is 14.0. The van der Waals surface area contributed by atoms with Crippen LogP contribution in [0.15, 0.2) is 52.4 Å². The van der Waals surface area contributed by atoms with Crippen molar-refractivity contribution in [3.63, 3.8) is 0 Å². The lowest BCUT2D eigenvalue weighted by Gasteiger charge is -2.41. The van der Waals surface area contributed by atoms with E-state index in [0.717, 1.165) is 30.4 Å². The van der Waals surface area contributed by atoms with Gasteiger partial charge in [0.1, 0.15) is 0 Å². The molecule has 2 aliphatic heterocycles. The number of morpholine rings is 1. The molecule has 0 aliphatic carbocycles. The van der Waals surface area contributed by atoms with Gasteiger partial charge in [-0.25, -0.2) is 4.99 Å². The first-order valence-corrected chi connectivity index (χ1v) is 9.95. The second-order valence-electron chi connectivity index (χ2n) is 7.52. The van der Waals surface area contributed by atoms with Crippen LogP contribution in [-0.2, 0) is 4.74 Å². The van der Waals surface area contributed by atoms with Gasteiger partial charge in [-0.1, -0.05) is 18.2 Å². The third-order valence-corrected chi connectivity index (χ3v) is 5.31. The van der Waals surface area contributed by atoms with Gasteiger partial charge in [0.25, 0.3) is 0 Å². The van der Waals surface area contributed by atoms with Gasteiger partial charge >= 0.3 is 0 Å². The fourth-order valence-corrected chi connectivity index (χ4v) is 3.58. The molecule has 4 rings (SSSR count). The summed E-state index contributed by atoms with van der Waals surface area (Å²) in [4.78, 5) is 13.6. The van der Waals surface area contributed by atoms with E-state index in [0.29, 0.717) is 13.2 Å². The highest BCUT2D eigenvalue weighted by Gasteiger charge is 2.32. The zero-order valence-electron chi connectivity index (χ0n) is 17.6. The Bertz CT molecular complexity index is 954. The van der Waals surface area contributed by atoms with Crippen molar-refractivity contribution in [2.45, 2.75) is 27.1 Å². The van der Waals surface area contributed by atoms with Crippen LogP contribution in [0.2, 0.25) is 0 Å². The molecule has 0 radical (unpaired) electrons. The van der Waals surface area contributed by atoms with E-state index in [9.17, 15) is 0 Å². The Morgan fingerprint density at radius 2 is 1.80 bits per heavy atom. The van der Waals surface area contributed by atoms with Crippen LogP contribution in [0.3, 0.4) is 0 Å². The van der Waals surface area contributed by atoms with Crippen LogP contribution in [0.5, 0.6) is 0 Å². The first kappa shape index (κ1) is 21.9. The minimum absolute atomic E-state index is 0. The Labute approximate surface area is 184 Å². The number of rotatable bonds is 3. The Hall–Kier alpha value is -2.77. The van der Waals surface area contributed by atoms with E-state index in [4.69, 9.17) is 10.5 Å². The summed E-state index contributed by atoms with van der Waals surface area (Å²) in [5.74, 6) is 1.07. The molecule has 2 heterocycles. The predicted molar refractivity (Wildman–Crippen MR) is 126 cm³/mol. The fraction of sp³-hybridized carbons (Fsp3) is 0.364. The number of aryl methyl sites for hydroxylation is 3. The fourth-order valence-electron chi connectivity index (χ4n) is 3.58. The minimum atomic E-state index is -0.394. The van der Waals surface area contributed by atoms with Crippen LogP contribution in [-0.4, -0.2) is 49.4 Å². The van der Waals surface area contributed by atoms with E-state index in [1.54, 1.807) is 0 Å². The summed E-state index contributed by atoms with van der Waals surface area (Å²) < 4.78 is 5.53. The molecule has 2 aliphatic rings. The zero-order valence-corrected chi connectivity index (χ0v) is 18.4. The third-order valence-electron chi connectivity index (χ3n) is 5.31. The molecule has 30 heavy (non-hydrogen) atoms. The van der Waals surface area contributed by atoms with Gasteiger partial charge < -0.3 is 20.7 Å². The van der Waals surface area contributed by atoms with Gasteiger partial charge in [-0.05, 0) is 61.7 Å². The largest absolute Gasteiger partial charge is 0.378 e. The number of aliphatic imine (C=N–C) groups is 2. The van der Waals surface area contributed by atoms with Crippen LogP contribution >= 0.6 is 12.4 Å². The van der Waals surface area contributed by atoms with Crippen molar-refractivity contribution in [3.05, 3.63) is 59.2 Å². The lowest BCUT2D eigenvalue weighted by atomic mass is 10.1. The van der Waals surface area contributed by atoms with Gasteiger partial charge in [-0.3, -0.25) is 4.90 Å². The summed E-state index contributed by atoms with van der Waals surface area (Å²) in [6.07, 6.45) is -0.394. The number of hydrogen-bond acceptors (Lipinski definition) is 7. The first-order valence-electron chi connectivity index (χ1n) is 9.95. The highest BCUT2D eigenvalue weighted by Crippen LogP contribution is 2.26. The lowest BCUT2D eigenvalue weighted by Crippen LogP contribution is -2.57. The van der Waals surface area contributed by atoms with Crippen molar-refractivity contribution < 1.29 is 4.74 Å². The Morgan fingerprint density at radius 1 is 1.03 bits per heavy atom. The van der Waals surface area contributed by atoms with Crippen molar-refractivity contribution in [2.75, 3.05) is 36.5 Å². The van der Waals surface area contributed by atoms with Crippen molar-refractivity contribution >= 4 is 35.7 Å². The molecule has 1 saturated heterocycles. The standard InChI is InChI=1S/C22H28N6O.ClH/c1-15-5-4-6-19(13-15)28-21(24-18-8-7-16(2)17(3)14-18)25-20(23)26-22(28)27-9-11-29-12-10-27;/h4-8,13-14,21,24H,9-12H2,1-3H3,(H2,23,25);1H. The maximum Gasteiger partial charge on any atom is 0.222 e. The molecule has 1 unspecified atom stereocenters. The van der Waals surface area contributed by atoms with Gasteiger partial charge in [0.2, 0.25) is 18.2 Å². The topological polar surface area (TPSA) is 78.5 Å². The van der Waals surface area contributed by atoms with Crippen molar-refractivity contribution in [3.8, 4) is 0 Å². The average Bonchev–Trinajstić information content (AvgIpc) is 2.71. The summed E-state index contributed by atoms with van der Waals surface area (Å²) in [5.41, 5.74) is 11.8. The average molecular weight is 429 g/mol. The maximum atomic E-state index is 6.14. The van der Waals surface area contributed by atoms with Crippen molar-refractivity contribution in [1.29, 1.82) is 0 Å². The van der Waals surface area contributed by atoms with Gasteiger partial charge in [-0.2, -0.15) is 4.99 Å². The number of halogens is 1. The van der Waals surface area contributed by atoms with Crippen molar-refractivity contribution in [2.24, 2.45) is 15.7 Å². The molecule has 0 spiro atoms. The number of benzene rings is 2. The Kier molecular flexibility index (Phi) is 6.84. The normalized spacial score (nSPS) is 19.0. The van der Waals surface area contributed by atoms with E-state index >= 15 is 0 Å². The highest BCUT2D eigenvalue weighted by atomic mass is 35.5. The van der Waals surface area contributed by atoms with Crippen LogP contribution in [0.25, 0.3) is 0 Å². The van der Waals surface area contributed by atoms with Gasteiger partial charge in [0.05, 0.1) is 13.2 Å². The number of nitrogens with zero attached hydrogens (tertiary/aromatic N) is 4. The summed E-state index contributed by atoms with van der Waals surface area (Å²) in [6, 6.07) is 14.7. The minimum Gasteiger partial charge on any atom is -0.378 e. The quantitative estimate of drug-likeness (QED) is 0.784. The number of ether oxygens (including phenoxy) is 1. The molecular weight excluding hydrogens is 400 g/mol. The van der Waals surface area contributed by atoms with E-state index in [1.165, 1.54) is 16.7 Å². The second kappa shape index (κ2) is 9.36. The lowest BCUT2D eigenvalue weighted by molar-refractivity contribution is 0.0671. The molecule has 0 saturated carbocycles. The van der Waals surface area contributed by atoms with Gasteiger partial charge in [0.15, 0.2) is 0 Å². The van der Waals surface area contributed by atoms with Crippen LogP contribution in [0, 0.1) is 20.8 Å². The molecule has 7 nitrogen and oxygen atoms in total. The molecule has 1 atom stereocenters. The molecule has 0 aromatic heterocycles. The van der Waals surface area contributed by atoms with Crippen LogP contribution in [0.4, 0.5) is 11.4 Å². The molecule has 160 valence electrons. The smallest absolute Gasteiger partial charge is 0.222 e. The molecule has 1 fully saturated rings. The number of nitrogens with one attached hydrogen (secondary N) is 1. The predicted octanol–water partition coefficient (Wildman–Crippen LogP) is 3.25. The number of anilines is 2. The van der Waals surface area contributed by atoms with Crippen LogP contribution < -0.4 is 16.0 Å². The summed E-state index contributed by atoms with van der Waals surface area (Å²) in [5, 5.41) is 3.54. The zero-order chi connectivity index (χ0) is 20.4. The molecule has 2 aromatic rings. The van der Waals surface area contributed by atoms with E-state index in [-0.39, 0.29) is 18.4 Å². The molecular formula is C22H29ClN6O. The summed E-state index contributed by atoms with van der Waals surface area (Å²) in [7, 11) is 0. The van der Waals surface area contributed by atoms with E-state index in [2.05, 4.69) is 88.3 Å². The number of nitrogens with two attached hydrogens (primary N) is 1. The number of hydrogen-bond donors (Lipinski definition) is 2. The van der Waals surface area contributed by atoms with Gasteiger partial charge in [0, 0.05) is 24.5 Å². The van der Waals surface area contributed by atoms with Crippen LogP contribution in [0.1, 0.15) is 16.7 Å². The van der Waals surface area contributed by atoms with Gasteiger partial charge in [-0.15, -0.1) is 12.4 Å². The van der Waals surface area contributed by atoms with E-state index in [1.807, 2.05) is 0 Å². The molecule has 3 N–H and O–H groups in total. The molecule has 2 aromatic carbocycles. The molecule has 8 heteroatoms. The molecule has 0 amide bonds. The Balaban J connectivity index is 0.00000256. The maximum absolute atomic E-state index is 6.14. The Morgan fingerprint density at radius 3 is 2.50 bits per heavy atom. The van der Waals surface area contributed by atoms with Crippen molar-refractivity contribution in [1.82, 2.24) is 4.90 Å². The monoisotopic (exact) mass is 428 g/mol. The summed E-state index contributed by atoms with van der Waals surface area (Å²) in [6.45, 7) is 9.19. The molecule has 0 bridgehead atoms. The third kappa shape index (κ3) is 4.68.